The lowest BCUT2D eigenvalue weighted by Gasteiger charge is -2.17. The van der Waals surface area contributed by atoms with E-state index in [4.69, 9.17) is 11.6 Å². The highest BCUT2D eigenvalue weighted by Crippen LogP contribution is 2.24. The van der Waals surface area contributed by atoms with E-state index in [1.54, 1.807) is 12.3 Å². The lowest BCUT2D eigenvalue weighted by Crippen LogP contribution is -2.24. The topological polar surface area (TPSA) is 54.0 Å². The average Bonchev–Trinajstić information content (AvgIpc) is 2.50. The first-order valence-electron chi connectivity index (χ1n) is 6.58. The van der Waals surface area contributed by atoms with Gasteiger partial charge in [-0.3, -0.25) is 4.79 Å². The Morgan fingerprint density at radius 2 is 2.19 bits per heavy atom. The molecule has 2 aromatic rings. The van der Waals surface area contributed by atoms with E-state index in [1.807, 2.05) is 18.2 Å². The normalized spacial score (nSPS) is 13.6. The molecular weight excluding hydrogens is 354 g/mol. The maximum atomic E-state index is 12.3. The summed E-state index contributed by atoms with van der Waals surface area (Å²) in [4.78, 5) is 16.3. The molecule has 3 rings (SSSR count). The second-order valence-corrected chi connectivity index (χ2v) is 6.13. The van der Waals surface area contributed by atoms with E-state index in [0.717, 1.165) is 24.0 Å². The fourth-order valence-electron chi connectivity index (χ4n) is 2.33. The van der Waals surface area contributed by atoms with Gasteiger partial charge in [-0.05, 0) is 58.2 Å². The number of fused-ring (bicyclic) bond motifs is 1. The standard InChI is InChI=1S/C15H13BrClN3O/c16-12-6-13(14(17)19-8-12)20-15(21)10-2-1-9-3-4-18-7-11(9)5-10/h1-2,5-6,8,18H,3-4,7H2,(H,20,21). The maximum Gasteiger partial charge on any atom is 0.255 e. The Balaban J connectivity index is 1.83. The SMILES string of the molecule is O=C(Nc1cc(Br)cnc1Cl)c1ccc2c(c1)CNCC2. The fourth-order valence-corrected chi connectivity index (χ4v) is 2.81. The Morgan fingerprint density at radius 3 is 3.05 bits per heavy atom. The molecule has 0 radical (unpaired) electrons. The molecule has 1 aromatic heterocycles. The number of aromatic nitrogens is 1. The summed E-state index contributed by atoms with van der Waals surface area (Å²) in [6, 6.07) is 7.52. The van der Waals surface area contributed by atoms with Crippen LogP contribution in [0.3, 0.4) is 0 Å². The highest BCUT2D eigenvalue weighted by atomic mass is 79.9. The smallest absolute Gasteiger partial charge is 0.255 e. The quantitative estimate of drug-likeness (QED) is 0.801. The molecule has 0 fully saturated rings. The van der Waals surface area contributed by atoms with Crippen molar-refractivity contribution in [3.05, 3.63) is 56.8 Å². The molecule has 108 valence electrons. The van der Waals surface area contributed by atoms with Crippen molar-refractivity contribution >= 4 is 39.1 Å². The van der Waals surface area contributed by atoms with Gasteiger partial charge in [0.25, 0.3) is 5.91 Å². The van der Waals surface area contributed by atoms with Gasteiger partial charge in [0.1, 0.15) is 0 Å². The van der Waals surface area contributed by atoms with Gasteiger partial charge in [-0.1, -0.05) is 17.7 Å². The van der Waals surface area contributed by atoms with E-state index in [-0.39, 0.29) is 11.1 Å². The number of carbonyl (C=O) groups is 1. The molecule has 1 amide bonds. The molecule has 1 aliphatic rings. The predicted octanol–water partition coefficient (Wildman–Crippen LogP) is 3.40. The van der Waals surface area contributed by atoms with Crippen molar-refractivity contribution in [2.45, 2.75) is 13.0 Å². The fraction of sp³-hybridized carbons (Fsp3) is 0.200. The van der Waals surface area contributed by atoms with Gasteiger partial charge >= 0.3 is 0 Å². The zero-order chi connectivity index (χ0) is 14.8. The predicted molar refractivity (Wildman–Crippen MR) is 86.8 cm³/mol. The Hall–Kier alpha value is -1.43. The van der Waals surface area contributed by atoms with Crippen LogP contribution in [0.15, 0.2) is 34.9 Å². The largest absolute Gasteiger partial charge is 0.319 e. The monoisotopic (exact) mass is 365 g/mol. The van der Waals surface area contributed by atoms with Crippen LogP contribution in [0.1, 0.15) is 21.5 Å². The van der Waals surface area contributed by atoms with Crippen molar-refractivity contribution in [3.8, 4) is 0 Å². The zero-order valence-electron chi connectivity index (χ0n) is 11.1. The number of hydrogen-bond acceptors (Lipinski definition) is 3. The second-order valence-electron chi connectivity index (χ2n) is 4.86. The number of rotatable bonds is 2. The first-order valence-corrected chi connectivity index (χ1v) is 7.75. The summed E-state index contributed by atoms with van der Waals surface area (Å²) in [6.45, 7) is 1.79. The number of benzene rings is 1. The molecule has 0 bridgehead atoms. The molecule has 0 saturated carbocycles. The Morgan fingerprint density at radius 1 is 1.33 bits per heavy atom. The summed E-state index contributed by atoms with van der Waals surface area (Å²) in [5, 5.41) is 6.36. The minimum Gasteiger partial charge on any atom is -0.319 e. The first kappa shape index (κ1) is 14.5. The van der Waals surface area contributed by atoms with Crippen LogP contribution in [-0.4, -0.2) is 17.4 Å². The van der Waals surface area contributed by atoms with Crippen molar-refractivity contribution in [1.29, 1.82) is 0 Å². The van der Waals surface area contributed by atoms with Gasteiger partial charge in [0, 0.05) is 22.8 Å². The molecule has 1 aromatic carbocycles. The number of carbonyl (C=O) groups excluding carboxylic acids is 1. The van der Waals surface area contributed by atoms with Crippen LogP contribution in [0.5, 0.6) is 0 Å². The van der Waals surface area contributed by atoms with Crippen LogP contribution >= 0.6 is 27.5 Å². The highest BCUT2D eigenvalue weighted by Gasteiger charge is 2.14. The number of pyridine rings is 1. The van der Waals surface area contributed by atoms with Crippen LogP contribution in [0, 0.1) is 0 Å². The molecular formula is C15H13BrClN3O. The number of amides is 1. The maximum absolute atomic E-state index is 12.3. The number of hydrogen-bond donors (Lipinski definition) is 2. The van der Waals surface area contributed by atoms with Gasteiger partial charge in [-0.15, -0.1) is 0 Å². The summed E-state index contributed by atoms with van der Waals surface area (Å²) in [5.74, 6) is -0.190. The van der Waals surface area contributed by atoms with E-state index in [2.05, 4.69) is 31.5 Å². The van der Waals surface area contributed by atoms with Crippen LogP contribution in [-0.2, 0) is 13.0 Å². The van der Waals surface area contributed by atoms with Gasteiger partial charge in [0.15, 0.2) is 5.15 Å². The number of halogens is 2. The Bertz CT molecular complexity index is 705. The third kappa shape index (κ3) is 3.26. The summed E-state index contributed by atoms with van der Waals surface area (Å²) in [6.07, 6.45) is 2.58. The lowest BCUT2D eigenvalue weighted by atomic mass is 9.98. The molecule has 6 heteroatoms. The van der Waals surface area contributed by atoms with Gasteiger partial charge in [-0.2, -0.15) is 0 Å². The minimum absolute atomic E-state index is 0.190. The van der Waals surface area contributed by atoms with E-state index < -0.39 is 0 Å². The van der Waals surface area contributed by atoms with Gasteiger partial charge in [-0.25, -0.2) is 4.98 Å². The summed E-state index contributed by atoms with van der Waals surface area (Å²) in [7, 11) is 0. The molecule has 0 aliphatic carbocycles. The molecule has 1 aliphatic heterocycles. The third-order valence-electron chi connectivity index (χ3n) is 3.41. The second kappa shape index (κ2) is 6.13. The number of anilines is 1. The van der Waals surface area contributed by atoms with Crippen molar-refractivity contribution < 1.29 is 4.79 Å². The summed E-state index contributed by atoms with van der Waals surface area (Å²) < 4.78 is 0.761. The average molecular weight is 367 g/mol. The lowest BCUT2D eigenvalue weighted by molar-refractivity contribution is 0.102. The number of nitrogens with zero attached hydrogens (tertiary/aromatic N) is 1. The minimum atomic E-state index is -0.190. The molecule has 0 spiro atoms. The van der Waals surface area contributed by atoms with E-state index >= 15 is 0 Å². The van der Waals surface area contributed by atoms with Gasteiger partial charge in [0.05, 0.1) is 5.69 Å². The van der Waals surface area contributed by atoms with Crippen molar-refractivity contribution in [2.75, 3.05) is 11.9 Å². The van der Waals surface area contributed by atoms with Gasteiger partial charge < -0.3 is 10.6 Å². The molecule has 2 N–H and O–H groups in total. The van der Waals surface area contributed by atoms with Crippen LogP contribution in [0.25, 0.3) is 0 Å². The molecule has 0 unspecified atom stereocenters. The highest BCUT2D eigenvalue weighted by molar-refractivity contribution is 9.10. The molecule has 21 heavy (non-hydrogen) atoms. The zero-order valence-corrected chi connectivity index (χ0v) is 13.5. The summed E-state index contributed by atoms with van der Waals surface area (Å²) in [5.41, 5.74) is 3.58. The Labute approximate surface area is 136 Å². The van der Waals surface area contributed by atoms with Crippen LogP contribution < -0.4 is 10.6 Å². The molecule has 0 saturated heterocycles. The van der Waals surface area contributed by atoms with Crippen molar-refractivity contribution in [3.63, 3.8) is 0 Å². The first-order chi connectivity index (χ1) is 10.1. The van der Waals surface area contributed by atoms with Crippen LogP contribution in [0.4, 0.5) is 5.69 Å². The molecule has 2 heterocycles. The van der Waals surface area contributed by atoms with E-state index in [1.165, 1.54) is 11.1 Å². The molecule has 4 nitrogen and oxygen atoms in total. The summed E-state index contributed by atoms with van der Waals surface area (Å²) >= 11 is 9.30. The van der Waals surface area contributed by atoms with Crippen LogP contribution in [0.2, 0.25) is 5.15 Å². The number of nitrogens with one attached hydrogen (secondary N) is 2. The molecule has 0 atom stereocenters. The van der Waals surface area contributed by atoms with Crippen molar-refractivity contribution in [2.24, 2.45) is 0 Å². The Kier molecular flexibility index (Phi) is 4.24. The third-order valence-corrected chi connectivity index (χ3v) is 4.14. The van der Waals surface area contributed by atoms with Crippen molar-refractivity contribution in [1.82, 2.24) is 10.3 Å². The van der Waals surface area contributed by atoms with E-state index in [0.29, 0.717) is 11.3 Å². The van der Waals surface area contributed by atoms with E-state index in [9.17, 15) is 4.79 Å². The van der Waals surface area contributed by atoms with Gasteiger partial charge in [0.2, 0.25) is 0 Å².